The Bertz CT molecular complexity index is 456. The molecule has 0 unspecified atom stereocenters. The fourth-order valence-electron chi connectivity index (χ4n) is 0.985. The van der Waals surface area contributed by atoms with Crippen molar-refractivity contribution in [1.82, 2.24) is 14.4 Å². The monoisotopic (exact) mass is 261 g/mol. The van der Waals surface area contributed by atoms with Crippen molar-refractivity contribution in [3.63, 3.8) is 0 Å². The van der Waals surface area contributed by atoms with E-state index < -0.39 is 0 Å². The molecule has 2 aromatic heterocycles. The van der Waals surface area contributed by atoms with E-state index in [-0.39, 0.29) is 0 Å². The highest BCUT2D eigenvalue weighted by molar-refractivity contribution is 9.10. The Morgan fingerprint density at radius 1 is 1.62 bits per heavy atom. The molecule has 2 heterocycles. The Morgan fingerprint density at radius 3 is 3.08 bits per heavy atom. The summed E-state index contributed by atoms with van der Waals surface area (Å²) in [6.07, 6.45) is 3.27. The van der Waals surface area contributed by atoms with Crippen molar-refractivity contribution in [2.24, 2.45) is 0 Å². The third-order valence-electron chi connectivity index (χ3n) is 1.60. The first-order chi connectivity index (χ1) is 6.22. The standard InChI is InChI=1S/C7H5BrClN3O/c1-13-5-3-12-4(2-10-5)11-6(8)7(12)9/h2-3H,1H3. The number of methoxy groups -OCH3 is 1. The number of imidazole rings is 1. The highest BCUT2D eigenvalue weighted by Crippen LogP contribution is 2.23. The summed E-state index contributed by atoms with van der Waals surface area (Å²) < 4.78 is 7.25. The van der Waals surface area contributed by atoms with Gasteiger partial charge in [0.2, 0.25) is 5.88 Å². The molecule has 6 heteroatoms. The van der Waals surface area contributed by atoms with Crippen LogP contribution in [0.1, 0.15) is 0 Å². The van der Waals surface area contributed by atoms with Crippen LogP contribution in [0.3, 0.4) is 0 Å². The van der Waals surface area contributed by atoms with E-state index in [1.54, 1.807) is 23.9 Å². The third-order valence-corrected chi connectivity index (χ3v) is 2.74. The molecule has 0 aliphatic rings. The Balaban J connectivity index is 2.75. The fourth-order valence-corrected chi connectivity index (χ4v) is 1.54. The van der Waals surface area contributed by atoms with Gasteiger partial charge in [-0.15, -0.1) is 0 Å². The second kappa shape index (κ2) is 3.16. The molecule has 13 heavy (non-hydrogen) atoms. The fraction of sp³-hybridized carbons (Fsp3) is 0.143. The maximum Gasteiger partial charge on any atom is 0.230 e. The molecule has 0 atom stereocenters. The second-order valence-corrected chi connectivity index (χ2v) is 3.46. The largest absolute Gasteiger partial charge is 0.480 e. The SMILES string of the molecule is COc1cn2c(Cl)c(Br)nc2cn1. The van der Waals surface area contributed by atoms with Crippen LogP contribution in [0.2, 0.25) is 5.15 Å². The van der Waals surface area contributed by atoms with Gasteiger partial charge in [-0.05, 0) is 15.9 Å². The van der Waals surface area contributed by atoms with Crippen molar-refractivity contribution in [2.45, 2.75) is 0 Å². The summed E-state index contributed by atoms with van der Waals surface area (Å²) in [6.45, 7) is 0. The first-order valence-corrected chi connectivity index (χ1v) is 4.62. The lowest BCUT2D eigenvalue weighted by atomic mass is 10.7. The lowest BCUT2D eigenvalue weighted by molar-refractivity contribution is 0.395. The molecule has 0 radical (unpaired) electrons. The predicted molar refractivity (Wildman–Crippen MR) is 52.2 cm³/mol. The molecule has 2 aromatic rings. The number of ether oxygens (including phenoxy) is 1. The van der Waals surface area contributed by atoms with Crippen LogP contribution in [0.25, 0.3) is 5.65 Å². The van der Waals surface area contributed by atoms with Crippen molar-refractivity contribution < 1.29 is 4.74 Å². The number of hydrogen-bond acceptors (Lipinski definition) is 3. The zero-order chi connectivity index (χ0) is 9.42. The van der Waals surface area contributed by atoms with Gasteiger partial charge in [0, 0.05) is 0 Å². The van der Waals surface area contributed by atoms with Crippen molar-refractivity contribution >= 4 is 33.2 Å². The van der Waals surface area contributed by atoms with Crippen LogP contribution in [0.15, 0.2) is 17.0 Å². The topological polar surface area (TPSA) is 39.4 Å². The minimum absolute atomic E-state index is 0.499. The predicted octanol–water partition coefficient (Wildman–Crippen LogP) is 2.15. The first kappa shape index (κ1) is 8.77. The third kappa shape index (κ3) is 1.38. The Labute approximate surface area is 87.6 Å². The molecule has 0 aromatic carbocycles. The van der Waals surface area contributed by atoms with E-state index in [1.807, 2.05) is 0 Å². The van der Waals surface area contributed by atoms with E-state index in [2.05, 4.69) is 25.9 Å². The van der Waals surface area contributed by atoms with Crippen molar-refractivity contribution in [3.8, 4) is 5.88 Å². The highest BCUT2D eigenvalue weighted by atomic mass is 79.9. The number of fused-ring (bicyclic) bond motifs is 1. The number of aromatic nitrogens is 3. The molecule has 0 saturated heterocycles. The number of hydrogen-bond donors (Lipinski definition) is 0. The molecule has 4 nitrogen and oxygen atoms in total. The molecule has 2 rings (SSSR count). The van der Waals surface area contributed by atoms with Gasteiger partial charge in [0.05, 0.1) is 19.5 Å². The summed E-state index contributed by atoms with van der Waals surface area (Å²) in [6, 6.07) is 0. The van der Waals surface area contributed by atoms with Gasteiger partial charge in [-0.3, -0.25) is 4.40 Å². The Morgan fingerprint density at radius 2 is 2.38 bits per heavy atom. The van der Waals surface area contributed by atoms with Gasteiger partial charge < -0.3 is 4.74 Å². The lowest BCUT2D eigenvalue weighted by Crippen LogP contribution is -1.91. The van der Waals surface area contributed by atoms with Crippen molar-refractivity contribution in [1.29, 1.82) is 0 Å². The summed E-state index contributed by atoms with van der Waals surface area (Å²) >= 11 is 9.16. The zero-order valence-corrected chi connectivity index (χ0v) is 9.00. The summed E-state index contributed by atoms with van der Waals surface area (Å²) in [5.41, 5.74) is 0.678. The second-order valence-electron chi connectivity index (χ2n) is 2.35. The normalized spacial score (nSPS) is 10.7. The molecule has 0 aliphatic heterocycles. The summed E-state index contributed by atoms with van der Waals surface area (Å²) in [7, 11) is 1.55. The smallest absolute Gasteiger partial charge is 0.230 e. The van der Waals surface area contributed by atoms with Gasteiger partial charge in [-0.1, -0.05) is 11.6 Å². The van der Waals surface area contributed by atoms with Crippen LogP contribution in [-0.2, 0) is 0 Å². The summed E-state index contributed by atoms with van der Waals surface area (Å²) in [5.74, 6) is 0.499. The molecular formula is C7H5BrClN3O. The van der Waals surface area contributed by atoms with E-state index >= 15 is 0 Å². The summed E-state index contributed by atoms with van der Waals surface area (Å²) in [5, 5.41) is 0.510. The Kier molecular flexibility index (Phi) is 2.13. The molecule has 0 aliphatic carbocycles. The van der Waals surface area contributed by atoms with Gasteiger partial charge in [0.1, 0.15) is 9.76 Å². The molecule has 0 amide bonds. The van der Waals surface area contributed by atoms with Crippen LogP contribution in [0.5, 0.6) is 5.88 Å². The van der Waals surface area contributed by atoms with Gasteiger partial charge in [0.15, 0.2) is 5.65 Å². The van der Waals surface area contributed by atoms with E-state index in [1.165, 1.54) is 0 Å². The number of halogens is 2. The van der Waals surface area contributed by atoms with E-state index in [0.29, 0.717) is 21.3 Å². The van der Waals surface area contributed by atoms with Crippen LogP contribution in [0, 0.1) is 0 Å². The van der Waals surface area contributed by atoms with Crippen LogP contribution >= 0.6 is 27.5 Å². The molecule has 0 fully saturated rings. The molecule has 0 spiro atoms. The van der Waals surface area contributed by atoms with Gasteiger partial charge in [-0.25, -0.2) is 9.97 Å². The molecule has 68 valence electrons. The lowest BCUT2D eigenvalue weighted by Gasteiger charge is -1.98. The van der Waals surface area contributed by atoms with Gasteiger partial charge in [0.25, 0.3) is 0 Å². The highest BCUT2D eigenvalue weighted by Gasteiger charge is 2.08. The summed E-state index contributed by atoms with van der Waals surface area (Å²) in [4.78, 5) is 8.11. The zero-order valence-electron chi connectivity index (χ0n) is 6.66. The van der Waals surface area contributed by atoms with Gasteiger partial charge >= 0.3 is 0 Å². The Hall–Kier alpha value is -0.810. The van der Waals surface area contributed by atoms with E-state index in [4.69, 9.17) is 16.3 Å². The maximum absolute atomic E-state index is 5.94. The quantitative estimate of drug-likeness (QED) is 0.790. The van der Waals surface area contributed by atoms with Gasteiger partial charge in [-0.2, -0.15) is 0 Å². The minimum Gasteiger partial charge on any atom is -0.480 e. The average Bonchev–Trinajstić information content (AvgIpc) is 2.43. The molecule has 0 N–H and O–H groups in total. The minimum atomic E-state index is 0.499. The van der Waals surface area contributed by atoms with Crippen LogP contribution < -0.4 is 4.74 Å². The van der Waals surface area contributed by atoms with Crippen molar-refractivity contribution in [2.75, 3.05) is 7.11 Å². The van der Waals surface area contributed by atoms with Crippen molar-refractivity contribution in [3.05, 3.63) is 22.1 Å². The average molecular weight is 262 g/mol. The molecular weight excluding hydrogens is 257 g/mol. The molecule has 0 bridgehead atoms. The first-order valence-electron chi connectivity index (χ1n) is 3.45. The number of nitrogens with zero attached hydrogens (tertiary/aromatic N) is 3. The maximum atomic E-state index is 5.94. The van der Waals surface area contributed by atoms with Crippen LogP contribution in [0.4, 0.5) is 0 Å². The van der Waals surface area contributed by atoms with Crippen LogP contribution in [-0.4, -0.2) is 21.5 Å². The molecule has 0 saturated carbocycles. The number of rotatable bonds is 1. The van der Waals surface area contributed by atoms with E-state index in [0.717, 1.165) is 0 Å². The van der Waals surface area contributed by atoms with E-state index in [9.17, 15) is 0 Å².